The van der Waals surface area contributed by atoms with Gasteiger partial charge in [-0.3, -0.25) is 13.9 Å². The summed E-state index contributed by atoms with van der Waals surface area (Å²) in [6.07, 6.45) is 7.99. The lowest BCUT2D eigenvalue weighted by atomic mass is 9.85. The average molecular weight is 439 g/mol. The molecule has 5 aromatic rings. The van der Waals surface area contributed by atoms with Crippen molar-refractivity contribution in [1.82, 2.24) is 19.1 Å². The third kappa shape index (κ3) is 3.20. The Morgan fingerprint density at radius 1 is 1.09 bits per heavy atom. The molecule has 1 aliphatic rings. The third-order valence-electron chi connectivity index (χ3n) is 7.28. The van der Waals surface area contributed by atoms with Crippen molar-refractivity contribution >= 4 is 38.6 Å². The molecule has 0 amide bonds. The highest BCUT2D eigenvalue weighted by atomic mass is 16.2. The lowest BCUT2D eigenvalue weighted by Crippen LogP contribution is -2.33. The molecule has 2 atom stereocenters. The zero-order chi connectivity index (χ0) is 22.5. The molecule has 3 heterocycles. The van der Waals surface area contributed by atoms with Gasteiger partial charge >= 0.3 is 5.69 Å². The van der Waals surface area contributed by atoms with E-state index in [0.29, 0.717) is 11.5 Å². The number of carbonyl (C=O) groups is 1. The molecule has 6 heteroatoms. The van der Waals surface area contributed by atoms with Crippen LogP contribution in [-0.2, 0) is 6.54 Å². The Labute approximate surface area is 190 Å². The number of aromatic amines is 1. The van der Waals surface area contributed by atoms with Crippen molar-refractivity contribution in [3.8, 4) is 0 Å². The van der Waals surface area contributed by atoms with Gasteiger partial charge in [0, 0.05) is 23.2 Å². The van der Waals surface area contributed by atoms with Gasteiger partial charge in [0.2, 0.25) is 0 Å². The highest BCUT2D eigenvalue weighted by Crippen LogP contribution is 2.36. The van der Waals surface area contributed by atoms with E-state index in [1.54, 1.807) is 10.8 Å². The summed E-state index contributed by atoms with van der Waals surface area (Å²) in [5.74, 6) is 0.335. The Hall–Kier alpha value is -3.67. The Bertz CT molecular complexity index is 1570. The van der Waals surface area contributed by atoms with Crippen LogP contribution in [0.2, 0.25) is 0 Å². The molecule has 1 aliphatic carbocycles. The van der Waals surface area contributed by atoms with Gasteiger partial charge in [0.05, 0.1) is 23.8 Å². The number of hydrogen-bond acceptors (Lipinski definition) is 3. The first-order valence-corrected chi connectivity index (χ1v) is 11.7. The topological polar surface area (TPSA) is 72.7 Å². The number of benzene rings is 2. The van der Waals surface area contributed by atoms with E-state index in [4.69, 9.17) is 0 Å². The number of imidazole rings is 1. The molecule has 1 fully saturated rings. The van der Waals surface area contributed by atoms with Gasteiger partial charge in [0.1, 0.15) is 5.65 Å². The van der Waals surface area contributed by atoms with E-state index >= 15 is 0 Å². The first kappa shape index (κ1) is 20.0. The maximum atomic E-state index is 13.8. The van der Waals surface area contributed by atoms with Crippen LogP contribution in [0.15, 0.2) is 65.7 Å². The molecule has 1 N–H and O–H groups in total. The van der Waals surface area contributed by atoms with Crippen LogP contribution >= 0.6 is 0 Å². The van der Waals surface area contributed by atoms with E-state index in [0.717, 1.165) is 52.1 Å². The molecule has 0 bridgehead atoms. The van der Waals surface area contributed by atoms with E-state index in [9.17, 15) is 9.59 Å². The van der Waals surface area contributed by atoms with Crippen molar-refractivity contribution in [2.45, 2.75) is 45.2 Å². The van der Waals surface area contributed by atoms with Crippen LogP contribution in [0.1, 0.15) is 49.0 Å². The Morgan fingerprint density at radius 2 is 1.91 bits per heavy atom. The molecule has 3 aromatic heterocycles. The summed E-state index contributed by atoms with van der Waals surface area (Å²) in [4.78, 5) is 34.8. The number of rotatable bonds is 4. The average Bonchev–Trinajstić information content (AvgIpc) is 3.42. The van der Waals surface area contributed by atoms with Gasteiger partial charge in [-0.25, -0.2) is 9.78 Å². The van der Waals surface area contributed by atoms with Crippen LogP contribution in [-0.4, -0.2) is 24.9 Å². The largest absolute Gasteiger partial charge is 0.346 e. The second-order valence-corrected chi connectivity index (χ2v) is 9.28. The van der Waals surface area contributed by atoms with Crippen LogP contribution in [0.5, 0.6) is 0 Å². The highest BCUT2D eigenvalue weighted by molar-refractivity contribution is 6.03. The maximum Gasteiger partial charge on any atom is 0.329 e. The van der Waals surface area contributed by atoms with Crippen LogP contribution < -0.4 is 5.69 Å². The molecule has 0 saturated heterocycles. The van der Waals surface area contributed by atoms with Gasteiger partial charge in [0.15, 0.2) is 5.78 Å². The quantitative estimate of drug-likeness (QED) is 0.378. The van der Waals surface area contributed by atoms with Gasteiger partial charge in [-0.2, -0.15) is 0 Å². The third-order valence-corrected chi connectivity index (χ3v) is 7.28. The molecule has 1 saturated carbocycles. The standard InChI is InChI=1S/C27H26N4O2/c1-17-6-2-5-9-22(17)31-25-21-12-13-28-26(21)29-15-23(25)30(27(31)33)16-24(32)20-11-10-18-7-3-4-8-19(18)14-20/h3-4,7-8,10-15,17,22H,2,5-6,9,16H2,1H3,(H,28,29)/t17-,22+/m1/s1. The normalized spacial score (nSPS) is 18.9. The van der Waals surface area contributed by atoms with E-state index in [2.05, 4.69) is 16.9 Å². The smallest absolute Gasteiger partial charge is 0.329 e. The van der Waals surface area contributed by atoms with Gasteiger partial charge < -0.3 is 4.98 Å². The number of ketones is 1. The number of pyridine rings is 1. The van der Waals surface area contributed by atoms with Crippen molar-refractivity contribution < 1.29 is 4.79 Å². The molecule has 0 radical (unpaired) electrons. The number of Topliss-reactive ketones (excluding diaryl/α,β-unsaturated/α-hetero) is 1. The number of H-pyrrole nitrogens is 1. The van der Waals surface area contributed by atoms with Crippen molar-refractivity contribution in [3.05, 3.63) is 77.0 Å². The lowest BCUT2D eigenvalue weighted by molar-refractivity contribution is 0.0971. The second-order valence-electron chi connectivity index (χ2n) is 9.28. The lowest BCUT2D eigenvalue weighted by Gasteiger charge is -2.29. The Morgan fingerprint density at radius 3 is 2.76 bits per heavy atom. The van der Waals surface area contributed by atoms with Gasteiger partial charge in [-0.1, -0.05) is 56.2 Å². The zero-order valence-electron chi connectivity index (χ0n) is 18.6. The highest BCUT2D eigenvalue weighted by Gasteiger charge is 2.29. The number of aromatic nitrogens is 4. The molecule has 0 aliphatic heterocycles. The summed E-state index contributed by atoms with van der Waals surface area (Å²) in [6.45, 7) is 2.23. The number of nitrogens with zero attached hydrogens (tertiary/aromatic N) is 3. The van der Waals surface area contributed by atoms with E-state index in [1.807, 2.05) is 59.3 Å². The van der Waals surface area contributed by atoms with Crippen molar-refractivity contribution in [3.63, 3.8) is 0 Å². The number of hydrogen-bond donors (Lipinski definition) is 1. The molecule has 0 unspecified atom stereocenters. The fourth-order valence-corrected chi connectivity index (χ4v) is 5.50. The van der Waals surface area contributed by atoms with Crippen molar-refractivity contribution in [2.24, 2.45) is 5.92 Å². The van der Waals surface area contributed by atoms with Crippen LogP contribution in [0, 0.1) is 5.92 Å². The fourth-order valence-electron chi connectivity index (χ4n) is 5.50. The summed E-state index contributed by atoms with van der Waals surface area (Å²) in [5.41, 5.74) is 2.87. The first-order valence-electron chi connectivity index (χ1n) is 11.7. The minimum Gasteiger partial charge on any atom is -0.346 e. The Balaban J connectivity index is 1.50. The summed E-state index contributed by atoms with van der Waals surface area (Å²) >= 11 is 0. The molecule has 33 heavy (non-hydrogen) atoms. The molecular formula is C27H26N4O2. The van der Waals surface area contributed by atoms with Gasteiger partial charge in [-0.05, 0) is 41.7 Å². The molecule has 0 spiro atoms. The van der Waals surface area contributed by atoms with Gasteiger partial charge in [-0.15, -0.1) is 0 Å². The summed E-state index contributed by atoms with van der Waals surface area (Å²) < 4.78 is 3.57. The zero-order valence-corrected chi connectivity index (χ0v) is 18.6. The first-order chi connectivity index (χ1) is 16.1. The number of nitrogens with one attached hydrogen (secondary N) is 1. The SMILES string of the molecule is C[C@@H]1CCCC[C@@H]1n1c(=O)n(CC(=O)c2ccc3ccccc3c2)c2cnc3[nH]ccc3c21. The minimum absolute atomic E-state index is 0.000611. The Kier molecular flexibility index (Phi) is 4.68. The monoisotopic (exact) mass is 438 g/mol. The fraction of sp³-hybridized carbons (Fsp3) is 0.296. The summed E-state index contributed by atoms with van der Waals surface area (Å²) in [6, 6.07) is 15.8. The van der Waals surface area contributed by atoms with Crippen LogP contribution in [0.25, 0.3) is 32.8 Å². The minimum atomic E-state index is -0.117. The predicted molar refractivity (Wildman–Crippen MR) is 131 cm³/mol. The summed E-state index contributed by atoms with van der Waals surface area (Å²) in [7, 11) is 0. The molecular weight excluding hydrogens is 412 g/mol. The van der Waals surface area contributed by atoms with E-state index in [1.165, 1.54) is 6.42 Å². The predicted octanol–water partition coefficient (Wildman–Crippen LogP) is 5.47. The maximum absolute atomic E-state index is 13.8. The van der Waals surface area contributed by atoms with E-state index in [-0.39, 0.29) is 24.1 Å². The van der Waals surface area contributed by atoms with E-state index < -0.39 is 0 Å². The van der Waals surface area contributed by atoms with Crippen molar-refractivity contribution in [2.75, 3.05) is 0 Å². The van der Waals surface area contributed by atoms with Crippen LogP contribution in [0.3, 0.4) is 0 Å². The molecule has 166 valence electrons. The molecule has 6 rings (SSSR count). The number of fused-ring (bicyclic) bond motifs is 4. The van der Waals surface area contributed by atoms with Gasteiger partial charge in [0.25, 0.3) is 0 Å². The molecule has 6 nitrogen and oxygen atoms in total. The number of carbonyl (C=O) groups excluding carboxylic acids is 1. The van der Waals surface area contributed by atoms with Crippen LogP contribution in [0.4, 0.5) is 0 Å². The second kappa shape index (κ2) is 7.73. The summed E-state index contributed by atoms with van der Waals surface area (Å²) in [5, 5.41) is 3.04. The molecule has 2 aromatic carbocycles. The van der Waals surface area contributed by atoms with Crippen molar-refractivity contribution in [1.29, 1.82) is 0 Å².